The molecule has 0 fully saturated rings. The van der Waals surface area contributed by atoms with E-state index in [9.17, 15) is 9.18 Å². The number of hydrogen-bond donors (Lipinski definition) is 1. The number of amides is 1. The molecule has 0 saturated carbocycles. The lowest BCUT2D eigenvalue weighted by molar-refractivity contribution is 0.0997. The number of furan rings is 1. The molecule has 1 N–H and O–H groups in total. The Kier molecular flexibility index (Phi) is 4.26. The van der Waals surface area contributed by atoms with Crippen LogP contribution in [0, 0.1) is 5.82 Å². The number of rotatable bonds is 3. The predicted octanol–water partition coefficient (Wildman–Crippen LogP) is 4.76. The van der Waals surface area contributed by atoms with Gasteiger partial charge in [-0.3, -0.25) is 4.79 Å². The van der Waals surface area contributed by atoms with Gasteiger partial charge in [-0.05, 0) is 24.3 Å². The molecule has 0 unspecified atom stereocenters. The maximum Gasteiger partial charge on any atom is 0.291 e. The van der Waals surface area contributed by atoms with E-state index in [0.717, 1.165) is 0 Å². The number of benzene rings is 2. The summed E-state index contributed by atoms with van der Waals surface area (Å²) in [5.74, 6) is 0.395. The van der Waals surface area contributed by atoms with Gasteiger partial charge in [0.25, 0.3) is 5.91 Å². The van der Waals surface area contributed by atoms with Crippen LogP contribution in [0.4, 0.5) is 10.1 Å². The number of nitrogens with one attached hydrogen (secondary N) is 1. The highest BCUT2D eigenvalue weighted by atomic mass is 35.5. The molecule has 1 aromatic heterocycles. The predicted molar refractivity (Wildman–Crippen MR) is 94.5 cm³/mol. The first kappa shape index (κ1) is 16.5. The lowest BCUT2D eigenvalue weighted by atomic mass is 10.1. The van der Waals surface area contributed by atoms with Crippen LogP contribution in [-0.4, -0.2) is 19.1 Å². The lowest BCUT2D eigenvalue weighted by Gasteiger charge is -2.19. The number of anilines is 1. The van der Waals surface area contributed by atoms with E-state index in [0.29, 0.717) is 35.4 Å². The first-order chi connectivity index (χ1) is 12.6. The summed E-state index contributed by atoms with van der Waals surface area (Å²) >= 11 is 6.18. The molecule has 0 saturated heterocycles. The molecule has 0 aliphatic carbocycles. The van der Waals surface area contributed by atoms with Crippen LogP contribution < -0.4 is 14.8 Å². The summed E-state index contributed by atoms with van der Waals surface area (Å²) in [6, 6.07) is 12.4. The van der Waals surface area contributed by atoms with E-state index < -0.39 is 11.7 Å². The van der Waals surface area contributed by atoms with Crippen LogP contribution in [0.5, 0.6) is 11.5 Å². The third-order valence-corrected chi connectivity index (χ3v) is 4.16. The standard InChI is InChI=1S/C19H13ClFNO4/c20-12-9-17-18(25-8-7-24-17)10-14(12)22-19(23)16-6-5-15(26-16)11-3-1-2-4-13(11)21/h1-6,9-10H,7-8H2,(H,22,23). The Balaban J connectivity index is 1.57. The van der Waals surface area contributed by atoms with Crippen LogP contribution in [0.2, 0.25) is 5.02 Å². The summed E-state index contributed by atoms with van der Waals surface area (Å²) in [6.45, 7) is 0.868. The highest BCUT2D eigenvalue weighted by Crippen LogP contribution is 2.38. The first-order valence-electron chi connectivity index (χ1n) is 7.87. The first-order valence-corrected chi connectivity index (χ1v) is 8.25. The van der Waals surface area contributed by atoms with Crippen molar-refractivity contribution >= 4 is 23.2 Å². The van der Waals surface area contributed by atoms with E-state index in [1.807, 2.05) is 0 Å². The minimum atomic E-state index is -0.508. The van der Waals surface area contributed by atoms with Crippen LogP contribution >= 0.6 is 11.6 Å². The van der Waals surface area contributed by atoms with E-state index in [2.05, 4.69) is 5.32 Å². The number of halogens is 2. The van der Waals surface area contributed by atoms with Gasteiger partial charge in [-0.2, -0.15) is 0 Å². The van der Waals surface area contributed by atoms with E-state index >= 15 is 0 Å². The Bertz CT molecular complexity index is 985. The molecule has 2 aromatic carbocycles. The number of hydrogen-bond acceptors (Lipinski definition) is 4. The minimum Gasteiger partial charge on any atom is -0.486 e. The average molecular weight is 374 g/mol. The summed E-state index contributed by atoms with van der Waals surface area (Å²) in [5.41, 5.74) is 0.647. The third-order valence-electron chi connectivity index (χ3n) is 3.85. The van der Waals surface area contributed by atoms with Gasteiger partial charge in [0.1, 0.15) is 24.8 Å². The normalized spacial score (nSPS) is 12.7. The quantitative estimate of drug-likeness (QED) is 0.718. The molecule has 1 aliphatic rings. The summed E-state index contributed by atoms with van der Waals surface area (Å²) in [4.78, 5) is 12.4. The van der Waals surface area contributed by atoms with Crippen molar-refractivity contribution in [2.45, 2.75) is 0 Å². The average Bonchev–Trinajstić information content (AvgIpc) is 3.13. The van der Waals surface area contributed by atoms with Crippen molar-refractivity contribution in [2.24, 2.45) is 0 Å². The maximum absolute atomic E-state index is 13.8. The van der Waals surface area contributed by atoms with Gasteiger partial charge in [0.2, 0.25) is 0 Å². The second-order valence-electron chi connectivity index (χ2n) is 5.57. The van der Waals surface area contributed by atoms with Crippen molar-refractivity contribution < 1.29 is 23.1 Å². The topological polar surface area (TPSA) is 60.7 Å². The fraction of sp³-hybridized carbons (Fsp3) is 0.105. The molecule has 132 valence electrons. The highest BCUT2D eigenvalue weighted by molar-refractivity contribution is 6.34. The van der Waals surface area contributed by atoms with Gasteiger partial charge in [0, 0.05) is 12.1 Å². The van der Waals surface area contributed by atoms with Gasteiger partial charge in [-0.1, -0.05) is 23.7 Å². The van der Waals surface area contributed by atoms with Gasteiger partial charge in [-0.15, -0.1) is 0 Å². The molecule has 0 radical (unpaired) electrons. The molecule has 0 atom stereocenters. The van der Waals surface area contributed by atoms with Crippen LogP contribution in [-0.2, 0) is 0 Å². The van der Waals surface area contributed by atoms with Crippen molar-refractivity contribution in [3.05, 3.63) is 65.1 Å². The molecular weight excluding hydrogens is 361 g/mol. The minimum absolute atomic E-state index is 0.0363. The third kappa shape index (κ3) is 3.11. The van der Waals surface area contributed by atoms with Gasteiger partial charge < -0.3 is 19.2 Å². The molecule has 2 heterocycles. The highest BCUT2D eigenvalue weighted by Gasteiger charge is 2.19. The maximum atomic E-state index is 13.8. The number of ether oxygens (including phenoxy) is 2. The van der Waals surface area contributed by atoms with E-state index in [1.165, 1.54) is 12.1 Å². The molecule has 0 bridgehead atoms. The molecule has 3 aromatic rings. The molecule has 1 aliphatic heterocycles. The monoisotopic (exact) mass is 373 g/mol. The van der Waals surface area contributed by atoms with Crippen LogP contribution in [0.3, 0.4) is 0 Å². The van der Waals surface area contributed by atoms with Crippen LogP contribution in [0.1, 0.15) is 10.6 Å². The summed E-state index contributed by atoms with van der Waals surface area (Å²) < 4.78 is 30.2. The second kappa shape index (κ2) is 6.72. The second-order valence-corrected chi connectivity index (χ2v) is 5.98. The lowest BCUT2D eigenvalue weighted by Crippen LogP contribution is -2.16. The van der Waals surface area contributed by atoms with Crippen LogP contribution in [0.15, 0.2) is 52.9 Å². The Labute approximate surface area is 153 Å². The fourth-order valence-electron chi connectivity index (χ4n) is 2.61. The Morgan fingerprint density at radius 2 is 1.77 bits per heavy atom. The van der Waals surface area contributed by atoms with Gasteiger partial charge >= 0.3 is 0 Å². The number of fused-ring (bicyclic) bond motifs is 1. The van der Waals surface area contributed by atoms with Crippen molar-refractivity contribution in [3.63, 3.8) is 0 Å². The molecule has 26 heavy (non-hydrogen) atoms. The smallest absolute Gasteiger partial charge is 0.291 e. The molecule has 5 nitrogen and oxygen atoms in total. The largest absolute Gasteiger partial charge is 0.486 e. The Morgan fingerprint density at radius 3 is 2.54 bits per heavy atom. The molecule has 1 amide bonds. The SMILES string of the molecule is O=C(Nc1cc2c(cc1Cl)OCCO2)c1ccc(-c2ccccc2F)o1. The Hall–Kier alpha value is -2.99. The van der Waals surface area contributed by atoms with Crippen molar-refractivity contribution in [1.82, 2.24) is 0 Å². The molecule has 4 rings (SSSR count). The van der Waals surface area contributed by atoms with Gasteiger partial charge in [0.05, 0.1) is 16.3 Å². The number of carbonyl (C=O) groups is 1. The Morgan fingerprint density at radius 1 is 1.04 bits per heavy atom. The zero-order valence-electron chi connectivity index (χ0n) is 13.4. The molecule has 7 heteroatoms. The zero-order valence-corrected chi connectivity index (χ0v) is 14.2. The molecule has 0 spiro atoms. The van der Waals surface area contributed by atoms with Crippen molar-refractivity contribution in [2.75, 3.05) is 18.5 Å². The van der Waals surface area contributed by atoms with Gasteiger partial charge in [-0.25, -0.2) is 4.39 Å². The summed E-state index contributed by atoms with van der Waals surface area (Å²) in [6.07, 6.45) is 0. The summed E-state index contributed by atoms with van der Waals surface area (Å²) in [7, 11) is 0. The van der Waals surface area contributed by atoms with E-state index in [1.54, 1.807) is 36.4 Å². The molecular formula is C19H13ClFNO4. The zero-order chi connectivity index (χ0) is 18.1. The van der Waals surface area contributed by atoms with Crippen molar-refractivity contribution in [3.8, 4) is 22.8 Å². The van der Waals surface area contributed by atoms with Crippen LogP contribution in [0.25, 0.3) is 11.3 Å². The fourth-order valence-corrected chi connectivity index (χ4v) is 2.81. The van der Waals surface area contributed by atoms with E-state index in [4.69, 9.17) is 25.5 Å². The number of carbonyl (C=O) groups excluding carboxylic acids is 1. The van der Waals surface area contributed by atoms with Gasteiger partial charge in [0.15, 0.2) is 17.3 Å². The van der Waals surface area contributed by atoms with Crippen molar-refractivity contribution in [1.29, 1.82) is 0 Å². The van der Waals surface area contributed by atoms with E-state index in [-0.39, 0.29) is 17.1 Å². The summed E-state index contributed by atoms with van der Waals surface area (Å²) in [5, 5.41) is 2.97.